The standard InChI is InChI=1S/C22H35N5O2.HI/c1-7-23-22(24-13-12-20-16(4)26-27(6)17(20)5)25-14-21(28)18-8-10-19(11-9-18)29-15(2)3;/h8-11,15,21,28H,7,12-14H2,1-6H3,(H2,23,24,25);1H. The molecule has 168 valence electrons. The van der Waals surface area contributed by atoms with Gasteiger partial charge in [0.25, 0.3) is 0 Å². The molecule has 30 heavy (non-hydrogen) atoms. The van der Waals surface area contributed by atoms with E-state index in [1.165, 1.54) is 11.3 Å². The monoisotopic (exact) mass is 529 g/mol. The summed E-state index contributed by atoms with van der Waals surface area (Å²) in [6.45, 7) is 11.9. The minimum atomic E-state index is -0.665. The molecule has 3 N–H and O–H groups in total. The van der Waals surface area contributed by atoms with Crippen molar-refractivity contribution in [3.8, 4) is 5.75 Å². The first-order valence-corrected chi connectivity index (χ1v) is 10.3. The molecule has 0 aliphatic rings. The minimum absolute atomic E-state index is 0. The maximum atomic E-state index is 10.5. The van der Waals surface area contributed by atoms with Crippen LogP contribution in [0.1, 0.15) is 49.4 Å². The van der Waals surface area contributed by atoms with Crippen LogP contribution in [-0.2, 0) is 13.5 Å². The molecule has 0 aliphatic carbocycles. The van der Waals surface area contributed by atoms with Gasteiger partial charge in [-0.2, -0.15) is 5.10 Å². The first-order chi connectivity index (χ1) is 13.8. The van der Waals surface area contributed by atoms with Crippen molar-refractivity contribution in [1.82, 2.24) is 20.4 Å². The SMILES string of the molecule is CCNC(=NCC(O)c1ccc(OC(C)C)cc1)NCCc1c(C)nn(C)c1C.I. The van der Waals surface area contributed by atoms with Crippen LogP contribution in [0, 0.1) is 13.8 Å². The molecule has 0 aliphatic heterocycles. The Balaban J connectivity index is 0.00000450. The summed E-state index contributed by atoms with van der Waals surface area (Å²) >= 11 is 0. The van der Waals surface area contributed by atoms with Gasteiger partial charge in [-0.25, -0.2) is 0 Å². The molecule has 1 heterocycles. The van der Waals surface area contributed by atoms with Crippen molar-refractivity contribution in [3.05, 3.63) is 46.8 Å². The van der Waals surface area contributed by atoms with E-state index in [4.69, 9.17) is 4.74 Å². The Morgan fingerprint density at radius 1 is 1.20 bits per heavy atom. The summed E-state index contributed by atoms with van der Waals surface area (Å²) < 4.78 is 7.56. The molecule has 2 aromatic rings. The number of nitrogens with zero attached hydrogens (tertiary/aromatic N) is 3. The fourth-order valence-corrected chi connectivity index (χ4v) is 3.15. The van der Waals surface area contributed by atoms with E-state index >= 15 is 0 Å². The van der Waals surface area contributed by atoms with Crippen LogP contribution in [0.25, 0.3) is 0 Å². The number of hydrogen-bond donors (Lipinski definition) is 3. The number of rotatable bonds is 9. The lowest BCUT2D eigenvalue weighted by Gasteiger charge is -2.14. The molecule has 0 saturated heterocycles. The van der Waals surface area contributed by atoms with Crippen molar-refractivity contribution in [2.45, 2.75) is 53.2 Å². The zero-order valence-corrected chi connectivity index (χ0v) is 21.2. The molecule has 1 atom stereocenters. The van der Waals surface area contributed by atoms with E-state index in [1.54, 1.807) is 0 Å². The lowest BCUT2D eigenvalue weighted by molar-refractivity contribution is 0.186. The topological polar surface area (TPSA) is 83.7 Å². The maximum Gasteiger partial charge on any atom is 0.191 e. The van der Waals surface area contributed by atoms with Gasteiger partial charge in [-0.15, -0.1) is 24.0 Å². The summed E-state index contributed by atoms with van der Waals surface area (Å²) in [6, 6.07) is 7.52. The molecule has 2 rings (SSSR count). The van der Waals surface area contributed by atoms with E-state index in [0.29, 0.717) is 5.96 Å². The van der Waals surface area contributed by atoms with Crippen molar-refractivity contribution >= 4 is 29.9 Å². The first-order valence-electron chi connectivity index (χ1n) is 10.3. The van der Waals surface area contributed by atoms with Gasteiger partial charge in [0.15, 0.2) is 5.96 Å². The maximum absolute atomic E-state index is 10.5. The summed E-state index contributed by atoms with van der Waals surface area (Å²) in [6.07, 6.45) is 0.334. The molecular formula is C22H36IN5O2. The van der Waals surface area contributed by atoms with Crippen LogP contribution in [-0.4, -0.2) is 46.6 Å². The number of nitrogens with one attached hydrogen (secondary N) is 2. The third-order valence-electron chi connectivity index (χ3n) is 4.73. The van der Waals surface area contributed by atoms with Crippen LogP contribution in [0.5, 0.6) is 5.75 Å². The van der Waals surface area contributed by atoms with E-state index in [9.17, 15) is 5.11 Å². The molecule has 7 nitrogen and oxygen atoms in total. The average molecular weight is 529 g/mol. The van der Waals surface area contributed by atoms with Crippen molar-refractivity contribution in [2.75, 3.05) is 19.6 Å². The molecular weight excluding hydrogens is 493 g/mol. The van der Waals surface area contributed by atoms with E-state index in [0.717, 1.165) is 36.5 Å². The molecule has 0 spiro atoms. The van der Waals surface area contributed by atoms with Gasteiger partial charge in [-0.1, -0.05) is 12.1 Å². The van der Waals surface area contributed by atoms with E-state index < -0.39 is 6.10 Å². The van der Waals surface area contributed by atoms with Gasteiger partial charge < -0.3 is 20.5 Å². The molecule has 1 aromatic carbocycles. The second-order valence-corrected chi connectivity index (χ2v) is 7.42. The highest BCUT2D eigenvalue weighted by Crippen LogP contribution is 2.19. The van der Waals surface area contributed by atoms with Crippen LogP contribution in [0.4, 0.5) is 0 Å². The first kappa shape index (κ1) is 26.2. The van der Waals surface area contributed by atoms with Crippen LogP contribution in [0.15, 0.2) is 29.3 Å². The quantitative estimate of drug-likeness (QED) is 0.264. The van der Waals surface area contributed by atoms with Gasteiger partial charge in [0.1, 0.15) is 5.75 Å². The highest BCUT2D eigenvalue weighted by atomic mass is 127. The number of aliphatic hydroxyl groups excluding tert-OH is 1. The highest BCUT2D eigenvalue weighted by Gasteiger charge is 2.10. The van der Waals surface area contributed by atoms with Crippen molar-refractivity contribution < 1.29 is 9.84 Å². The largest absolute Gasteiger partial charge is 0.491 e. The number of guanidine groups is 1. The fourth-order valence-electron chi connectivity index (χ4n) is 3.15. The Labute approximate surface area is 197 Å². The summed E-state index contributed by atoms with van der Waals surface area (Å²) in [5, 5.41) is 21.5. The number of halogens is 1. The Morgan fingerprint density at radius 3 is 2.40 bits per heavy atom. The van der Waals surface area contributed by atoms with Crippen molar-refractivity contribution in [1.29, 1.82) is 0 Å². The van der Waals surface area contributed by atoms with Crippen LogP contribution < -0.4 is 15.4 Å². The molecule has 0 amide bonds. The fraction of sp³-hybridized carbons (Fsp3) is 0.545. The Kier molecular flexibility index (Phi) is 11.2. The Morgan fingerprint density at radius 2 is 1.87 bits per heavy atom. The molecule has 0 fully saturated rings. The second kappa shape index (κ2) is 12.8. The van der Waals surface area contributed by atoms with E-state index in [2.05, 4.69) is 27.6 Å². The van der Waals surface area contributed by atoms with Crippen LogP contribution >= 0.6 is 24.0 Å². The Bertz CT molecular complexity index is 803. The highest BCUT2D eigenvalue weighted by molar-refractivity contribution is 14.0. The van der Waals surface area contributed by atoms with Gasteiger partial charge in [-0.3, -0.25) is 9.67 Å². The third-order valence-corrected chi connectivity index (χ3v) is 4.73. The Hall–Kier alpha value is -1.81. The predicted octanol–water partition coefficient (Wildman–Crippen LogP) is 3.27. The zero-order valence-electron chi connectivity index (χ0n) is 18.9. The normalized spacial score (nSPS) is 12.5. The van der Waals surface area contributed by atoms with E-state index in [-0.39, 0.29) is 36.6 Å². The summed E-state index contributed by atoms with van der Waals surface area (Å²) in [7, 11) is 1.97. The summed E-state index contributed by atoms with van der Waals surface area (Å²) in [5.74, 6) is 1.50. The summed E-state index contributed by atoms with van der Waals surface area (Å²) in [5.41, 5.74) is 4.34. The van der Waals surface area contributed by atoms with Crippen LogP contribution in [0.3, 0.4) is 0 Å². The molecule has 0 saturated carbocycles. The lowest BCUT2D eigenvalue weighted by Crippen LogP contribution is -2.38. The smallest absolute Gasteiger partial charge is 0.191 e. The predicted molar refractivity (Wildman–Crippen MR) is 133 cm³/mol. The van der Waals surface area contributed by atoms with Gasteiger partial charge in [0.05, 0.1) is 24.4 Å². The number of aliphatic imine (C=N–C) groups is 1. The molecule has 0 radical (unpaired) electrons. The van der Waals surface area contributed by atoms with Gasteiger partial charge in [-0.05, 0) is 64.3 Å². The zero-order chi connectivity index (χ0) is 21.4. The van der Waals surface area contributed by atoms with E-state index in [1.807, 2.05) is 63.7 Å². The third kappa shape index (κ3) is 7.79. The van der Waals surface area contributed by atoms with Gasteiger partial charge >= 0.3 is 0 Å². The lowest BCUT2D eigenvalue weighted by atomic mass is 10.1. The van der Waals surface area contributed by atoms with Crippen molar-refractivity contribution in [3.63, 3.8) is 0 Å². The molecule has 1 unspecified atom stereocenters. The molecule has 1 aromatic heterocycles. The number of aromatic nitrogens is 2. The number of aryl methyl sites for hydroxylation is 2. The average Bonchev–Trinajstić information content (AvgIpc) is 2.91. The van der Waals surface area contributed by atoms with Crippen LogP contribution in [0.2, 0.25) is 0 Å². The van der Waals surface area contributed by atoms with Gasteiger partial charge in [0, 0.05) is 25.8 Å². The molecule has 0 bridgehead atoms. The molecule has 8 heteroatoms. The number of aliphatic hydroxyl groups is 1. The second-order valence-electron chi connectivity index (χ2n) is 7.42. The number of ether oxygens (including phenoxy) is 1. The van der Waals surface area contributed by atoms with Crippen molar-refractivity contribution in [2.24, 2.45) is 12.0 Å². The minimum Gasteiger partial charge on any atom is -0.491 e. The van der Waals surface area contributed by atoms with Gasteiger partial charge in [0.2, 0.25) is 0 Å². The number of benzene rings is 1. The number of hydrogen-bond acceptors (Lipinski definition) is 4. The summed E-state index contributed by atoms with van der Waals surface area (Å²) in [4.78, 5) is 4.53.